The van der Waals surface area contributed by atoms with Gasteiger partial charge < -0.3 is 10.6 Å². The summed E-state index contributed by atoms with van der Waals surface area (Å²) in [5.41, 5.74) is 6.73. The highest BCUT2D eigenvalue weighted by molar-refractivity contribution is 9.10. The average Bonchev–Trinajstić information content (AvgIpc) is 2.60. The van der Waals surface area contributed by atoms with Crippen LogP contribution in [0.1, 0.15) is 6.42 Å². The van der Waals surface area contributed by atoms with E-state index in [1.165, 1.54) is 4.90 Å². The van der Waals surface area contributed by atoms with Crippen LogP contribution in [0.5, 0.6) is 0 Å². The predicted octanol–water partition coefficient (Wildman–Crippen LogP) is 0.425. The van der Waals surface area contributed by atoms with Gasteiger partial charge in [0.1, 0.15) is 5.25 Å². The highest BCUT2D eigenvalue weighted by Crippen LogP contribution is 2.31. The third kappa shape index (κ3) is 2.50. The number of sulfonamides is 1. The fourth-order valence-corrected chi connectivity index (χ4v) is 3.01. The van der Waals surface area contributed by atoms with Crippen molar-refractivity contribution in [1.29, 1.82) is 0 Å². The molecule has 2 rings (SSSR count). The fourth-order valence-electron chi connectivity index (χ4n) is 1.90. The van der Waals surface area contributed by atoms with E-state index in [-0.39, 0.29) is 18.9 Å². The number of hydrogen-bond acceptors (Lipinski definition) is 4. The van der Waals surface area contributed by atoms with Crippen LogP contribution in [-0.4, -0.2) is 26.1 Å². The molecular formula is C10H12BrN3O3S. The Morgan fingerprint density at radius 1 is 1.39 bits per heavy atom. The van der Waals surface area contributed by atoms with E-state index in [4.69, 9.17) is 10.9 Å². The van der Waals surface area contributed by atoms with Crippen LogP contribution in [0.2, 0.25) is 0 Å². The van der Waals surface area contributed by atoms with Crippen LogP contribution in [0.3, 0.4) is 0 Å². The van der Waals surface area contributed by atoms with Crippen LogP contribution in [0.4, 0.5) is 11.4 Å². The summed E-state index contributed by atoms with van der Waals surface area (Å²) in [5, 5.41) is 4.19. The number of amides is 1. The maximum absolute atomic E-state index is 11.8. The zero-order valence-electron chi connectivity index (χ0n) is 9.34. The smallest absolute Gasteiger partial charge is 0.228 e. The minimum atomic E-state index is -3.71. The largest absolute Gasteiger partial charge is 0.397 e. The molecule has 0 aromatic heterocycles. The molecule has 1 aliphatic rings. The average molecular weight is 334 g/mol. The fraction of sp³-hybridized carbons (Fsp3) is 0.300. The van der Waals surface area contributed by atoms with Crippen LogP contribution in [0, 0.1) is 0 Å². The van der Waals surface area contributed by atoms with Crippen molar-refractivity contribution in [2.75, 3.05) is 17.2 Å². The Morgan fingerprint density at radius 2 is 2.06 bits per heavy atom. The van der Waals surface area contributed by atoms with Crippen molar-refractivity contribution in [2.45, 2.75) is 11.7 Å². The van der Waals surface area contributed by atoms with Gasteiger partial charge in [-0.05, 0) is 18.2 Å². The van der Waals surface area contributed by atoms with Crippen molar-refractivity contribution in [3.05, 3.63) is 22.7 Å². The third-order valence-corrected chi connectivity index (χ3v) is 4.57. The number of benzene rings is 1. The Labute approximate surface area is 113 Å². The second-order valence-corrected chi connectivity index (χ2v) is 6.88. The van der Waals surface area contributed by atoms with Crippen LogP contribution in [0.25, 0.3) is 0 Å². The van der Waals surface area contributed by atoms with Gasteiger partial charge in [0.15, 0.2) is 0 Å². The minimum Gasteiger partial charge on any atom is -0.397 e. The van der Waals surface area contributed by atoms with Gasteiger partial charge in [-0.25, -0.2) is 13.6 Å². The first-order valence-corrected chi connectivity index (χ1v) is 7.56. The van der Waals surface area contributed by atoms with Crippen molar-refractivity contribution in [2.24, 2.45) is 5.14 Å². The Balaban J connectivity index is 2.33. The SMILES string of the molecule is Nc1cc(Br)ccc1N1CC(S(N)(=O)=O)CC1=O. The van der Waals surface area contributed by atoms with E-state index in [9.17, 15) is 13.2 Å². The maximum atomic E-state index is 11.8. The van der Waals surface area contributed by atoms with Crippen LogP contribution >= 0.6 is 15.9 Å². The Bertz CT molecular complexity index is 602. The number of carbonyl (C=O) groups excluding carboxylic acids is 1. The van der Waals surface area contributed by atoms with Gasteiger partial charge in [0, 0.05) is 17.4 Å². The molecule has 1 aromatic carbocycles. The van der Waals surface area contributed by atoms with Gasteiger partial charge in [-0.3, -0.25) is 4.79 Å². The summed E-state index contributed by atoms with van der Waals surface area (Å²) in [6.45, 7) is 0.0451. The molecule has 18 heavy (non-hydrogen) atoms. The number of halogens is 1. The number of primary sulfonamides is 1. The second kappa shape index (κ2) is 4.52. The molecule has 6 nitrogen and oxygen atoms in total. The molecule has 0 saturated carbocycles. The molecule has 1 unspecified atom stereocenters. The third-order valence-electron chi connectivity index (χ3n) is 2.83. The lowest BCUT2D eigenvalue weighted by Gasteiger charge is -2.18. The van der Waals surface area contributed by atoms with Gasteiger partial charge in [0.05, 0.1) is 11.4 Å². The first-order valence-electron chi connectivity index (χ1n) is 5.16. The van der Waals surface area contributed by atoms with E-state index in [0.29, 0.717) is 11.4 Å². The quantitative estimate of drug-likeness (QED) is 0.765. The van der Waals surface area contributed by atoms with E-state index in [1.54, 1.807) is 18.2 Å². The molecule has 1 aromatic rings. The number of nitrogens with two attached hydrogens (primary N) is 2. The Morgan fingerprint density at radius 3 is 2.56 bits per heavy atom. The van der Waals surface area contributed by atoms with Crippen molar-refractivity contribution in [1.82, 2.24) is 0 Å². The molecule has 1 atom stereocenters. The van der Waals surface area contributed by atoms with E-state index in [0.717, 1.165) is 4.47 Å². The van der Waals surface area contributed by atoms with E-state index in [1.807, 2.05) is 0 Å². The van der Waals surface area contributed by atoms with Crippen molar-refractivity contribution in [3.8, 4) is 0 Å². The zero-order chi connectivity index (χ0) is 13.5. The van der Waals surface area contributed by atoms with E-state index < -0.39 is 15.3 Å². The molecule has 4 N–H and O–H groups in total. The highest BCUT2D eigenvalue weighted by atomic mass is 79.9. The topological polar surface area (TPSA) is 106 Å². The molecule has 1 heterocycles. The first-order chi connectivity index (χ1) is 8.29. The minimum absolute atomic E-state index is 0.0451. The number of carbonyl (C=O) groups is 1. The van der Waals surface area contributed by atoms with Gasteiger partial charge in [-0.15, -0.1) is 0 Å². The zero-order valence-corrected chi connectivity index (χ0v) is 11.7. The van der Waals surface area contributed by atoms with E-state index in [2.05, 4.69) is 15.9 Å². The van der Waals surface area contributed by atoms with Crippen LogP contribution < -0.4 is 15.8 Å². The monoisotopic (exact) mass is 333 g/mol. The second-order valence-electron chi connectivity index (χ2n) is 4.12. The summed E-state index contributed by atoms with van der Waals surface area (Å²) in [4.78, 5) is 13.2. The number of anilines is 2. The molecule has 1 aliphatic heterocycles. The van der Waals surface area contributed by atoms with Gasteiger partial charge in [0.25, 0.3) is 0 Å². The lowest BCUT2D eigenvalue weighted by atomic mass is 10.2. The van der Waals surface area contributed by atoms with E-state index >= 15 is 0 Å². The molecule has 1 fully saturated rings. The van der Waals surface area contributed by atoms with Crippen molar-refractivity contribution in [3.63, 3.8) is 0 Å². The summed E-state index contributed by atoms with van der Waals surface area (Å²) < 4.78 is 23.3. The highest BCUT2D eigenvalue weighted by Gasteiger charge is 2.37. The molecule has 1 amide bonds. The summed E-state index contributed by atoms with van der Waals surface area (Å²) in [6, 6.07) is 5.07. The molecule has 1 saturated heterocycles. The summed E-state index contributed by atoms with van der Waals surface area (Å²) in [7, 11) is -3.71. The molecule has 0 radical (unpaired) electrons. The molecule has 98 valence electrons. The summed E-state index contributed by atoms with van der Waals surface area (Å²) in [6.07, 6.45) is -0.103. The summed E-state index contributed by atoms with van der Waals surface area (Å²) in [5.74, 6) is -0.289. The maximum Gasteiger partial charge on any atom is 0.228 e. The Kier molecular flexibility index (Phi) is 3.35. The molecule has 8 heteroatoms. The van der Waals surface area contributed by atoms with Gasteiger partial charge >= 0.3 is 0 Å². The standard InChI is InChI=1S/C10H12BrN3O3S/c11-6-1-2-9(8(12)3-6)14-5-7(4-10(14)15)18(13,16)17/h1-3,7H,4-5,12H2,(H2,13,16,17). The lowest BCUT2D eigenvalue weighted by Crippen LogP contribution is -2.32. The molecule has 0 aliphatic carbocycles. The van der Waals surface area contributed by atoms with Gasteiger partial charge in [-0.1, -0.05) is 15.9 Å². The number of hydrogen-bond donors (Lipinski definition) is 2. The predicted molar refractivity (Wildman–Crippen MR) is 72.4 cm³/mol. The van der Waals surface area contributed by atoms with Crippen molar-refractivity contribution >= 4 is 43.2 Å². The molecule has 0 bridgehead atoms. The van der Waals surface area contributed by atoms with Gasteiger partial charge in [0.2, 0.25) is 15.9 Å². The molecule has 0 spiro atoms. The lowest BCUT2D eigenvalue weighted by molar-refractivity contribution is -0.117. The van der Waals surface area contributed by atoms with Crippen LogP contribution in [-0.2, 0) is 14.8 Å². The number of rotatable bonds is 2. The van der Waals surface area contributed by atoms with Gasteiger partial charge in [-0.2, -0.15) is 0 Å². The number of nitrogen functional groups attached to an aromatic ring is 1. The normalized spacial score (nSPS) is 20.4. The molecular weight excluding hydrogens is 322 g/mol. The summed E-state index contributed by atoms with van der Waals surface area (Å²) >= 11 is 3.26. The van der Waals surface area contributed by atoms with Crippen molar-refractivity contribution < 1.29 is 13.2 Å². The van der Waals surface area contributed by atoms with Crippen LogP contribution in [0.15, 0.2) is 22.7 Å². The number of nitrogens with zero attached hydrogens (tertiary/aromatic N) is 1. The Hall–Kier alpha value is -1.12. The first kappa shape index (κ1) is 13.3.